The number of fused-ring (bicyclic) bond motifs is 1. The van der Waals surface area contributed by atoms with Crippen LogP contribution in [0.15, 0.2) is 36.5 Å². The van der Waals surface area contributed by atoms with E-state index in [0.29, 0.717) is 16.5 Å². The Hall–Kier alpha value is -3.51. The van der Waals surface area contributed by atoms with E-state index in [0.717, 1.165) is 37.8 Å². The van der Waals surface area contributed by atoms with Crippen molar-refractivity contribution in [3.8, 4) is 0 Å². The van der Waals surface area contributed by atoms with Gasteiger partial charge in [0.15, 0.2) is 0 Å². The zero-order valence-electron chi connectivity index (χ0n) is 22.6. The van der Waals surface area contributed by atoms with E-state index in [1.807, 2.05) is 10.9 Å². The maximum atomic E-state index is 13.2. The highest BCUT2D eigenvalue weighted by molar-refractivity contribution is 6.04. The topological polar surface area (TPSA) is 116 Å². The smallest absolute Gasteiger partial charge is 0.433 e. The summed E-state index contributed by atoms with van der Waals surface area (Å²) in [4.78, 5) is 28.5. The number of aliphatic hydroxyl groups is 1. The van der Waals surface area contributed by atoms with Gasteiger partial charge in [-0.25, -0.2) is 9.78 Å². The van der Waals surface area contributed by atoms with E-state index in [2.05, 4.69) is 10.3 Å². The number of pyridine rings is 1. The number of carbonyl (C=O) groups is 2. The maximum absolute atomic E-state index is 13.2. The fourth-order valence-electron chi connectivity index (χ4n) is 4.90. The zero-order chi connectivity index (χ0) is 29.1. The van der Waals surface area contributed by atoms with Gasteiger partial charge in [0.25, 0.3) is 5.91 Å². The molecule has 0 aliphatic heterocycles. The molecular weight excluding hydrogens is 529 g/mol. The minimum Gasteiger partial charge on any atom is -0.464 e. The van der Waals surface area contributed by atoms with Gasteiger partial charge in [-0.3, -0.25) is 9.48 Å². The molecule has 2 heterocycles. The van der Waals surface area contributed by atoms with Crippen molar-refractivity contribution in [1.29, 1.82) is 0 Å². The summed E-state index contributed by atoms with van der Waals surface area (Å²) >= 11 is 0. The SMILES string of the molecule is CCOC(=O)COC(C)(C)c1cc2nn(C3CCC(CO)CC3)cc2cc1NC(=O)c1cccc(C(F)(F)F)n1. The summed E-state index contributed by atoms with van der Waals surface area (Å²) in [5.41, 5.74) is -1.31. The Morgan fingerprint density at radius 3 is 2.52 bits per heavy atom. The lowest BCUT2D eigenvalue weighted by Crippen LogP contribution is -2.28. The van der Waals surface area contributed by atoms with Crippen LogP contribution in [-0.2, 0) is 26.0 Å². The van der Waals surface area contributed by atoms with Crippen molar-refractivity contribution in [2.24, 2.45) is 5.92 Å². The monoisotopic (exact) mass is 562 g/mol. The minimum atomic E-state index is -4.70. The Balaban J connectivity index is 1.69. The molecule has 0 atom stereocenters. The third kappa shape index (κ3) is 6.79. The number of nitrogens with zero attached hydrogens (tertiary/aromatic N) is 3. The average molecular weight is 563 g/mol. The summed E-state index contributed by atoms with van der Waals surface area (Å²) in [6, 6.07) is 6.70. The number of amides is 1. The zero-order valence-corrected chi connectivity index (χ0v) is 22.6. The summed E-state index contributed by atoms with van der Waals surface area (Å²) in [5.74, 6) is -1.10. The molecule has 1 aliphatic carbocycles. The van der Waals surface area contributed by atoms with Gasteiger partial charge in [0.2, 0.25) is 0 Å². The highest BCUT2D eigenvalue weighted by Gasteiger charge is 2.33. The Kier molecular flexibility index (Phi) is 8.79. The maximum Gasteiger partial charge on any atom is 0.433 e. The van der Waals surface area contributed by atoms with Crippen LogP contribution in [0.4, 0.5) is 18.9 Å². The van der Waals surface area contributed by atoms with Gasteiger partial charge >= 0.3 is 12.1 Å². The first-order valence-corrected chi connectivity index (χ1v) is 13.2. The second-order valence-electron chi connectivity index (χ2n) is 10.4. The molecule has 2 aromatic heterocycles. The number of benzene rings is 1. The number of carbonyl (C=O) groups excluding carboxylic acids is 2. The lowest BCUT2D eigenvalue weighted by Gasteiger charge is -2.28. The molecule has 1 saturated carbocycles. The van der Waals surface area contributed by atoms with Crippen LogP contribution in [0, 0.1) is 5.92 Å². The number of rotatable bonds is 9. The molecule has 3 aromatic rings. The molecule has 12 heteroatoms. The minimum absolute atomic E-state index is 0.152. The van der Waals surface area contributed by atoms with E-state index in [9.17, 15) is 27.9 Å². The molecule has 4 rings (SSSR count). The molecule has 216 valence electrons. The van der Waals surface area contributed by atoms with E-state index in [1.165, 1.54) is 6.07 Å². The van der Waals surface area contributed by atoms with Crippen LogP contribution in [0.25, 0.3) is 10.9 Å². The van der Waals surface area contributed by atoms with Gasteiger partial charge in [0.1, 0.15) is 18.0 Å². The fourth-order valence-corrected chi connectivity index (χ4v) is 4.90. The van der Waals surface area contributed by atoms with Crippen molar-refractivity contribution in [3.63, 3.8) is 0 Å². The second-order valence-corrected chi connectivity index (χ2v) is 10.4. The summed E-state index contributed by atoms with van der Waals surface area (Å²) in [7, 11) is 0. The molecule has 40 heavy (non-hydrogen) atoms. The van der Waals surface area contributed by atoms with Crippen molar-refractivity contribution in [3.05, 3.63) is 53.5 Å². The molecule has 0 unspecified atom stereocenters. The highest BCUT2D eigenvalue weighted by atomic mass is 19.4. The molecule has 0 saturated heterocycles. The summed E-state index contributed by atoms with van der Waals surface area (Å²) in [5, 5.41) is 17.6. The molecular formula is C28H33F3N4O5. The predicted octanol–water partition coefficient (Wildman–Crippen LogP) is 5.24. The van der Waals surface area contributed by atoms with E-state index in [4.69, 9.17) is 14.6 Å². The van der Waals surface area contributed by atoms with Gasteiger partial charge < -0.3 is 19.9 Å². The molecule has 1 amide bonds. The van der Waals surface area contributed by atoms with Gasteiger partial charge in [-0.1, -0.05) is 6.07 Å². The van der Waals surface area contributed by atoms with E-state index in [1.54, 1.807) is 32.9 Å². The number of hydrogen-bond acceptors (Lipinski definition) is 7. The van der Waals surface area contributed by atoms with Gasteiger partial charge in [-0.2, -0.15) is 18.3 Å². The van der Waals surface area contributed by atoms with Gasteiger partial charge in [0.05, 0.1) is 23.8 Å². The van der Waals surface area contributed by atoms with Crippen molar-refractivity contribution >= 4 is 28.5 Å². The highest BCUT2D eigenvalue weighted by Crippen LogP contribution is 2.37. The molecule has 0 radical (unpaired) electrons. The lowest BCUT2D eigenvalue weighted by molar-refractivity contribution is -0.154. The Morgan fingerprint density at radius 1 is 1.15 bits per heavy atom. The van der Waals surface area contributed by atoms with E-state index in [-0.39, 0.29) is 37.5 Å². The van der Waals surface area contributed by atoms with Crippen molar-refractivity contribution < 1.29 is 37.3 Å². The number of anilines is 1. The number of aliphatic hydroxyl groups excluding tert-OH is 1. The van der Waals surface area contributed by atoms with Crippen molar-refractivity contribution in [2.45, 2.75) is 64.3 Å². The van der Waals surface area contributed by atoms with Gasteiger partial charge in [-0.15, -0.1) is 0 Å². The number of halogens is 3. The quantitative estimate of drug-likeness (QED) is 0.343. The third-order valence-electron chi connectivity index (χ3n) is 7.14. The first-order chi connectivity index (χ1) is 18.9. The number of alkyl halides is 3. The predicted molar refractivity (Wildman–Crippen MR) is 141 cm³/mol. The van der Waals surface area contributed by atoms with Crippen molar-refractivity contribution in [1.82, 2.24) is 14.8 Å². The molecule has 1 aromatic carbocycles. The Bertz CT molecular complexity index is 1360. The van der Waals surface area contributed by atoms with Gasteiger partial charge in [-0.05, 0) is 76.6 Å². The van der Waals surface area contributed by atoms with E-state index < -0.39 is 35.0 Å². The largest absolute Gasteiger partial charge is 0.464 e. The van der Waals surface area contributed by atoms with Crippen LogP contribution in [-0.4, -0.2) is 51.6 Å². The van der Waals surface area contributed by atoms with Crippen LogP contribution in [0.5, 0.6) is 0 Å². The van der Waals surface area contributed by atoms with Crippen molar-refractivity contribution in [2.75, 3.05) is 25.1 Å². The van der Waals surface area contributed by atoms with Crippen LogP contribution < -0.4 is 5.32 Å². The fraction of sp³-hybridized carbons (Fsp3) is 0.500. The first kappa shape index (κ1) is 29.5. The molecule has 2 N–H and O–H groups in total. The second kappa shape index (κ2) is 11.9. The van der Waals surface area contributed by atoms with E-state index >= 15 is 0 Å². The summed E-state index contributed by atoms with van der Waals surface area (Å²) < 4.78 is 52.3. The molecule has 1 fully saturated rings. The Labute approximate surface area is 229 Å². The first-order valence-electron chi connectivity index (χ1n) is 13.2. The number of nitrogens with one attached hydrogen (secondary N) is 1. The molecule has 0 bridgehead atoms. The third-order valence-corrected chi connectivity index (χ3v) is 7.14. The van der Waals surface area contributed by atoms with Crippen LogP contribution in [0.1, 0.15) is 74.2 Å². The average Bonchev–Trinajstić information content (AvgIpc) is 3.34. The number of hydrogen-bond donors (Lipinski definition) is 2. The normalized spacial score (nSPS) is 18.1. The number of ether oxygens (including phenoxy) is 2. The number of esters is 1. The molecule has 1 aliphatic rings. The molecule has 0 spiro atoms. The lowest BCUT2D eigenvalue weighted by atomic mass is 9.87. The summed E-state index contributed by atoms with van der Waals surface area (Å²) in [6.07, 6.45) is 0.684. The van der Waals surface area contributed by atoms with Crippen LogP contribution in [0.3, 0.4) is 0 Å². The number of aromatic nitrogens is 3. The molecule has 9 nitrogen and oxygen atoms in total. The van der Waals surface area contributed by atoms with Crippen LogP contribution in [0.2, 0.25) is 0 Å². The standard InChI is InChI=1S/C28H33F3N4O5/c1-4-39-25(37)16-40-27(2,3)20-13-22-18(14-35(34-22)19-10-8-17(15-36)9-11-19)12-23(20)33-26(38)21-6-5-7-24(32-21)28(29,30)31/h5-7,12-14,17,19,36H,4,8-11,15-16H2,1-3H3,(H,33,38). The Morgan fingerprint density at radius 2 is 1.88 bits per heavy atom. The summed E-state index contributed by atoms with van der Waals surface area (Å²) in [6.45, 7) is 5.11. The van der Waals surface area contributed by atoms with Crippen LogP contribution >= 0.6 is 0 Å². The van der Waals surface area contributed by atoms with Gasteiger partial charge in [0, 0.05) is 29.4 Å².